The second-order valence-electron chi connectivity index (χ2n) is 9.23. The molecule has 1 aliphatic rings. The Morgan fingerprint density at radius 1 is 1.25 bits per heavy atom. The predicted molar refractivity (Wildman–Crippen MR) is 128 cm³/mol. The summed E-state index contributed by atoms with van der Waals surface area (Å²) in [7, 11) is 0. The summed E-state index contributed by atoms with van der Waals surface area (Å²) in [6, 6.07) is 9.00. The van der Waals surface area contributed by atoms with Gasteiger partial charge in [-0.2, -0.15) is 5.26 Å². The van der Waals surface area contributed by atoms with Gasteiger partial charge in [0.15, 0.2) is 5.78 Å². The van der Waals surface area contributed by atoms with E-state index in [2.05, 4.69) is 9.97 Å². The number of nitrogens with two attached hydrogens (primary N) is 1. The second-order valence-corrected chi connectivity index (χ2v) is 9.23. The Morgan fingerprint density at radius 3 is 2.72 bits per heavy atom. The van der Waals surface area contributed by atoms with E-state index in [1.807, 2.05) is 19.9 Å². The van der Waals surface area contributed by atoms with E-state index < -0.39 is 41.8 Å². The van der Waals surface area contributed by atoms with Crippen LogP contribution in [-0.4, -0.2) is 39.1 Å². The number of ether oxygens (including phenoxy) is 1. The molecule has 0 bridgehead atoms. The van der Waals surface area contributed by atoms with Crippen molar-refractivity contribution in [3.63, 3.8) is 0 Å². The number of aliphatic hydroxyl groups excluding tert-OH is 1. The lowest BCUT2D eigenvalue weighted by molar-refractivity contribution is -0.145. The van der Waals surface area contributed by atoms with Crippen LogP contribution in [0.15, 0.2) is 48.8 Å². The number of benzene rings is 1. The van der Waals surface area contributed by atoms with Crippen LogP contribution in [0.4, 0.5) is 8.78 Å². The number of carbonyl (C=O) groups is 1. The molecule has 9 heteroatoms. The Morgan fingerprint density at radius 2 is 2.03 bits per heavy atom. The van der Waals surface area contributed by atoms with Crippen molar-refractivity contribution in [3.8, 4) is 17.3 Å². The van der Waals surface area contributed by atoms with Crippen LogP contribution in [0.3, 0.4) is 0 Å². The highest BCUT2D eigenvalue weighted by atomic mass is 19.1. The standard InChI is InChI=1S/C27H26F2N4O3/c1-14(2)27-26(35)21(31)11-24(36-27)17-7-8-32-13-16(17)10-23(34)22-6-5-19(28)25(33-22)18-4-3-15(12-30)9-20(18)29/h3-9,13-14,21,24,26-27,35H,10-11,31H2,1-2H3/t21-,24-,26+,27-/m1/s1. The van der Waals surface area contributed by atoms with Crippen LogP contribution < -0.4 is 5.73 Å². The molecule has 3 N–H and O–H groups in total. The van der Waals surface area contributed by atoms with E-state index in [4.69, 9.17) is 15.7 Å². The predicted octanol–water partition coefficient (Wildman–Crippen LogP) is 3.89. The third-order valence-corrected chi connectivity index (χ3v) is 6.36. The van der Waals surface area contributed by atoms with Crippen molar-refractivity contribution < 1.29 is 23.4 Å². The molecule has 3 aromatic rings. The first-order valence-electron chi connectivity index (χ1n) is 11.6. The molecule has 0 aliphatic carbocycles. The summed E-state index contributed by atoms with van der Waals surface area (Å²) in [5, 5.41) is 19.4. The van der Waals surface area contributed by atoms with Gasteiger partial charge in [-0.25, -0.2) is 13.8 Å². The first kappa shape index (κ1) is 25.5. The van der Waals surface area contributed by atoms with Gasteiger partial charge in [-0.1, -0.05) is 13.8 Å². The zero-order valence-corrected chi connectivity index (χ0v) is 19.9. The third-order valence-electron chi connectivity index (χ3n) is 6.36. The summed E-state index contributed by atoms with van der Waals surface area (Å²) in [5.41, 5.74) is 7.09. The van der Waals surface area contributed by atoms with Gasteiger partial charge in [-0.15, -0.1) is 0 Å². The number of nitrogens with zero attached hydrogens (tertiary/aromatic N) is 3. The maximum absolute atomic E-state index is 14.5. The molecular formula is C27H26F2N4O3. The van der Waals surface area contributed by atoms with Crippen LogP contribution in [0, 0.1) is 28.9 Å². The number of aliphatic hydroxyl groups is 1. The average molecular weight is 493 g/mol. The van der Waals surface area contributed by atoms with Gasteiger partial charge in [0, 0.05) is 30.4 Å². The third kappa shape index (κ3) is 5.16. The van der Waals surface area contributed by atoms with Crippen molar-refractivity contribution in [2.75, 3.05) is 0 Å². The minimum absolute atomic E-state index is 0.0326. The highest BCUT2D eigenvalue weighted by Crippen LogP contribution is 2.35. The SMILES string of the molecule is CC(C)[C@H]1O[C@@H](c2ccncc2CC(=O)c2ccc(F)c(-c3ccc(C#N)cc3F)n2)C[C@@H](N)[C@@H]1O. The van der Waals surface area contributed by atoms with Gasteiger partial charge in [-0.3, -0.25) is 9.78 Å². The van der Waals surface area contributed by atoms with E-state index in [0.717, 1.165) is 17.7 Å². The molecule has 1 aliphatic heterocycles. The van der Waals surface area contributed by atoms with E-state index in [1.54, 1.807) is 18.5 Å². The molecule has 0 saturated carbocycles. The smallest absolute Gasteiger partial charge is 0.185 e. The summed E-state index contributed by atoms with van der Waals surface area (Å²) in [5.74, 6) is -1.99. The number of Topliss-reactive ketones (excluding diaryl/α,β-unsaturated/α-hetero) is 1. The minimum Gasteiger partial charge on any atom is -0.389 e. The topological polar surface area (TPSA) is 122 Å². The van der Waals surface area contributed by atoms with Gasteiger partial charge in [0.05, 0.1) is 29.9 Å². The van der Waals surface area contributed by atoms with Crippen molar-refractivity contribution in [2.45, 2.75) is 51.0 Å². The number of hydrogen-bond donors (Lipinski definition) is 2. The molecule has 3 heterocycles. The lowest BCUT2D eigenvalue weighted by Gasteiger charge is -2.40. The van der Waals surface area contributed by atoms with Crippen molar-refractivity contribution in [1.82, 2.24) is 9.97 Å². The fraction of sp³-hybridized carbons (Fsp3) is 0.333. The van der Waals surface area contributed by atoms with Gasteiger partial charge in [-0.05, 0) is 59.9 Å². The summed E-state index contributed by atoms with van der Waals surface area (Å²) in [6.45, 7) is 3.88. The summed E-state index contributed by atoms with van der Waals surface area (Å²) >= 11 is 0. The molecule has 0 spiro atoms. The Labute approximate surface area is 207 Å². The highest BCUT2D eigenvalue weighted by molar-refractivity contribution is 5.96. The molecule has 1 fully saturated rings. The minimum atomic E-state index is -0.813. The van der Waals surface area contributed by atoms with E-state index in [9.17, 15) is 18.7 Å². The van der Waals surface area contributed by atoms with E-state index >= 15 is 0 Å². The van der Waals surface area contributed by atoms with Crippen molar-refractivity contribution in [3.05, 3.63) is 82.8 Å². The zero-order valence-electron chi connectivity index (χ0n) is 19.9. The molecule has 0 amide bonds. The number of rotatable bonds is 6. The molecule has 1 aromatic carbocycles. The Kier molecular flexibility index (Phi) is 7.50. The molecule has 2 aromatic heterocycles. The summed E-state index contributed by atoms with van der Waals surface area (Å²) in [4.78, 5) is 21.4. The lowest BCUT2D eigenvalue weighted by Crippen LogP contribution is -2.52. The first-order chi connectivity index (χ1) is 17.2. The number of ketones is 1. The van der Waals surface area contributed by atoms with Crippen LogP contribution in [0.2, 0.25) is 0 Å². The fourth-order valence-corrected chi connectivity index (χ4v) is 4.43. The van der Waals surface area contributed by atoms with E-state index in [0.29, 0.717) is 12.0 Å². The molecule has 1 saturated heterocycles. The van der Waals surface area contributed by atoms with Crippen molar-refractivity contribution in [2.24, 2.45) is 11.7 Å². The number of pyridine rings is 2. The van der Waals surface area contributed by atoms with Gasteiger partial charge < -0.3 is 15.6 Å². The molecule has 36 heavy (non-hydrogen) atoms. The van der Waals surface area contributed by atoms with Crippen molar-refractivity contribution in [1.29, 1.82) is 5.26 Å². The van der Waals surface area contributed by atoms with Gasteiger partial charge in [0.2, 0.25) is 0 Å². The maximum Gasteiger partial charge on any atom is 0.185 e. The number of hydrogen-bond acceptors (Lipinski definition) is 7. The number of carbonyl (C=O) groups excluding carboxylic acids is 1. The number of halogens is 2. The van der Waals surface area contributed by atoms with E-state index in [-0.39, 0.29) is 34.9 Å². The van der Waals surface area contributed by atoms with Gasteiger partial charge >= 0.3 is 0 Å². The van der Waals surface area contributed by atoms with Crippen LogP contribution in [0.25, 0.3) is 11.3 Å². The summed E-state index contributed by atoms with van der Waals surface area (Å²) in [6.07, 6.45) is 1.73. The van der Waals surface area contributed by atoms with Gasteiger partial charge in [0.25, 0.3) is 0 Å². The molecular weight excluding hydrogens is 466 g/mol. The Balaban J connectivity index is 1.62. The summed E-state index contributed by atoms with van der Waals surface area (Å²) < 4.78 is 35.2. The van der Waals surface area contributed by atoms with Crippen LogP contribution in [-0.2, 0) is 11.2 Å². The number of nitriles is 1. The quantitative estimate of drug-likeness (QED) is 0.501. The monoisotopic (exact) mass is 492 g/mol. The largest absolute Gasteiger partial charge is 0.389 e. The van der Waals surface area contributed by atoms with Crippen LogP contribution in [0.5, 0.6) is 0 Å². The van der Waals surface area contributed by atoms with E-state index in [1.165, 1.54) is 18.2 Å². The maximum atomic E-state index is 14.5. The molecule has 186 valence electrons. The fourth-order valence-electron chi connectivity index (χ4n) is 4.43. The molecule has 7 nitrogen and oxygen atoms in total. The van der Waals surface area contributed by atoms with Gasteiger partial charge in [0.1, 0.15) is 23.0 Å². The highest BCUT2D eigenvalue weighted by Gasteiger charge is 2.38. The average Bonchev–Trinajstić information content (AvgIpc) is 2.86. The second kappa shape index (κ2) is 10.6. The molecule has 4 atom stereocenters. The van der Waals surface area contributed by atoms with Crippen LogP contribution >= 0.6 is 0 Å². The zero-order chi connectivity index (χ0) is 26.0. The lowest BCUT2D eigenvalue weighted by atomic mass is 9.86. The Hall–Kier alpha value is -3.58. The Bertz CT molecular complexity index is 1320. The molecule has 0 radical (unpaired) electrons. The van der Waals surface area contributed by atoms with Crippen LogP contribution in [0.1, 0.15) is 53.6 Å². The molecule has 0 unspecified atom stereocenters. The normalized spacial score (nSPS) is 21.8. The first-order valence-corrected chi connectivity index (χ1v) is 11.6. The van der Waals surface area contributed by atoms with Crippen molar-refractivity contribution >= 4 is 5.78 Å². The molecule has 4 rings (SSSR count). The number of aromatic nitrogens is 2.